The van der Waals surface area contributed by atoms with Gasteiger partial charge in [0.15, 0.2) is 0 Å². The third-order valence-electron chi connectivity index (χ3n) is 5.20. The Morgan fingerprint density at radius 3 is 2.08 bits per heavy atom. The zero-order valence-corrected chi connectivity index (χ0v) is 14.8. The van der Waals surface area contributed by atoms with E-state index in [0.29, 0.717) is 0 Å². The van der Waals surface area contributed by atoms with Gasteiger partial charge in [0.2, 0.25) is 0 Å². The average Bonchev–Trinajstić information content (AvgIpc) is 2.60. The van der Waals surface area contributed by atoms with Crippen LogP contribution in [-0.2, 0) is 6.42 Å². The maximum Gasteiger partial charge on any atom is 0.461 e. The Kier molecular flexibility index (Phi) is 7.57. The van der Waals surface area contributed by atoms with Crippen LogP contribution in [0.25, 0.3) is 0 Å². The van der Waals surface area contributed by atoms with Crippen LogP contribution in [0.5, 0.6) is 5.75 Å². The van der Waals surface area contributed by atoms with Crippen LogP contribution in [0, 0.1) is 11.8 Å². The molecule has 0 radical (unpaired) electrons. The van der Waals surface area contributed by atoms with Gasteiger partial charge in [0.1, 0.15) is 5.75 Å². The zero-order chi connectivity index (χ0) is 18.3. The van der Waals surface area contributed by atoms with Crippen LogP contribution in [0.2, 0.25) is 0 Å². The highest BCUT2D eigenvalue weighted by atomic mass is 19.3. The molecule has 1 saturated carbocycles. The minimum Gasteiger partial charge on any atom is -0.428 e. The van der Waals surface area contributed by atoms with E-state index in [2.05, 4.69) is 11.7 Å². The highest BCUT2D eigenvalue weighted by Gasteiger charge is 2.43. The second-order valence-corrected chi connectivity index (χ2v) is 7.18. The maximum atomic E-state index is 12.9. The Morgan fingerprint density at radius 2 is 1.56 bits per heavy atom. The van der Waals surface area contributed by atoms with E-state index in [-0.39, 0.29) is 5.75 Å². The minimum atomic E-state index is -4.45. The standard InChI is InChI=1S/C20H28F4O/c1-2-3-4-15-5-7-16(8-6-15)9-10-17-11-13-18(14-12-17)25-20(23,24)19(21)22/h11-16,19H,2-10H2,1H3/t15-,16-. The molecule has 0 saturated heterocycles. The summed E-state index contributed by atoms with van der Waals surface area (Å²) in [5, 5.41) is 0. The summed E-state index contributed by atoms with van der Waals surface area (Å²) in [6, 6.07) is 6.05. The second kappa shape index (κ2) is 9.44. The quantitative estimate of drug-likeness (QED) is 0.437. The van der Waals surface area contributed by atoms with E-state index in [1.165, 1.54) is 57.1 Å². The van der Waals surface area contributed by atoms with E-state index in [0.717, 1.165) is 30.2 Å². The minimum absolute atomic E-state index is 0.231. The SMILES string of the molecule is CCCC[C@H]1CC[C@H](CCc2ccc(OC(F)(F)C(F)F)cc2)CC1. The van der Waals surface area contributed by atoms with Crippen LogP contribution in [0.1, 0.15) is 63.9 Å². The summed E-state index contributed by atoms with van der Waals surface area (Å²) < 4.78 is 54.0. The molecule has 0 heterocycles. The van der Waals surface area contributed by atoms with E-state index in [1.807, 2.05) is 0 Å². The third-order valence-corrected chi connectivity index (χ3v) is 5.20. The molecule has 0 atom stereocenters. The molecule has 1 aromatic rings. The first-order valence-electron chi connectivity index (χ1n) is 9.34. The number of hydrogen-bond donors (Lipinski definition) is 0. The van der Waals surface area contributed by atoms with Gasteiger partial charge in [-0.3, -0.25) is 0 Å². The zero-order valence-electron chi connectivity index (χ0n) is 14.8. The van der Waals surface area contributed by atoms with Crippen molar-refractivity contribution in [2.24, 2.45) is 11.8 Å². The van der Waals surface area contributed by atoms with Crippen LogP contribution in [0.3, 0.4) is 0 Å². The summed E-state index contributed by atoms with van der Waals surface area (Å²) >= 11 is 0. The molecule has 1 aliphatic rings. The fourth-order valence-corrected chi connectivity index (χ4v) is 3.60. The van der Waals surface area contributed by atoms with Gasteiger partial charge in [-0.05, 0) is 42.4 Å². The molecule has 5 heteroatoms. The van der Waals surface area contributed by atoms with Gasteiger partial charge < -0.3 is 4.74 Å². The number of benzene rings is 1. The van der Waals surface area contributed by atoms with E-state index < -0.39 is 12.5 Å². The van der Waals surface area contributed by atoms with Crippen LogP contribution < -0.4 is 4.74 Å². The fraction of sp³-hybridized carbons (Fsp3) is 0.700. The fourth-order valence-electron chi connectivity index (χ4n) is 3.60. The highest BCUT2D eigenvalue weighted by Crippen LogP contribution is 2.34. The summed E-state index contributed by atoms with van der Waals surface area (Å²) in [6.45, 7) is 2.23. The van der Waals surface area contributed by atoms with Crippen molar-refractivity contribution in [3.63, 3.8) is 0 Å². The van der Waals surface area contributed by atoms with E-state index in [1.54, 1.807) is 12.1 Å². The average molecular weight is 360 g/mol. The van der Waals surface area contributed by atoms with Crippen LogP contribution in [-0.4, -0.2) is 12.5 Å². The largest absolute Gasteiger partial charge is 0.461 e. The summed E-state index contributed by atoms with van der Waals surface area (Å²) in [6.07, 6.45) is 2.83. The first-order chi connectivity index (χ1) is 11.9. The van der Waals surface area contributed by atoms with Crippen molar-refractivity contribution < 1.29 is 22.3 Å². The molecule has 0 aliphatic heterocycles. The molecule has 2 rings (SSSR count). The van der Waals surface area contributed by atoms with Gasteiger partial charge in [0.25, 0.3) is 0 Å². The molecule has 1 nitrogen and oxygen atoms in total. The van der Waals surface area contributed by atoms with Crippen LogP contribution in [0.4, 0.5) is 17.6 Å². The lowest BCUT2D eigenvalue weighted by Crippen LogP contribution is -2.33. The number of ether oxygens (including phenoxy) is 1. The van der Waals surface area contributed by atoms with E-state index >= 15 is 0 Å². The monoisotopic (exact) mass is 360 g/mol. The van der Waals surface area contributed by atoms with Gasteiger partial charge in [-0.2, -0.15) is 17.6 Å². The number of unbranched alkanes of at least 4 members (excludes halogenated alkanes) is 1. The molecule has 0 N–H and O–H groups in total. The maximum absolute atomic E-state index is 12.9. The molecule has 0 amide bonds. The number of aryl methyl sites for hydroxylation is 1. The number of halogens is 4. The molecule has 25 heavy (non-hydrogen) atoms. The van der Waals surface area contributed by atoms with Crippen molar-refractivity contribution in [1.29, 1.82) is 0 Å². The number of hydrogen-bond acceptors (Lipinski definition) is 1. The molecular weight excluding hydrogens is 332 g/mol. The molecule has 1 fully saturated rings. The second-order valence-electron chi connectivity index (χ2n) is 7.18. The Labute approximate surface area is 147 Å². The van der Waals surface area contributed by atoms with Gasteiger partial charge in [-0.25, -0.2) is 0 Å². The Morgan fingerprint density at radius 1 is 1.00 bits per heavy atom. The molecule has 0 aromatic heterocycles. The third kappa shape index (κ3) is 6.52. The van der Waals surface area contributed by atoms with Crippen molar-refractivity contribution in [3.8, 4) is 5.75 Å². The number of alkyl halides is 4. The van der Waals surface area contributed by atoms with Crippen LogP contribution in [0.15, 0.2) is 24.3 Å². The van der Waals surface area contributed by atoms with Crippen molar-refractivity contribution in [2.75, 3.05) is 0 Å². The first kappa shape index (κ1) is 20.1. The van der Waals surface area contributed by atoms with Gasteiger partial charge >= 0.3 is 12.5 Å². The van der Waals surface area contributed by atoms with Crippen molar-refractivity contribution in [1.82, 2.24) is 0 Å². The first-order valence-corrected chi connectivity index (χ1v) is 9.34. The van der Waals surface area contributed by atoms with E-state index in [4.69, 9.17) is 0 Å². The predicted octanol–water partition coefficient (Wildman–Crippen LogP) is 6.85. The van der Waals surface area contributed by atoms with Gasteiger partial charge in [0.05, 0.1) is 0 Å². The van der Waals surface area contributed by atoms with Gasteiger partial charge in [-0.1, -0.05) is 64.0 Å². The number of rotatable bonds is 9. The van der Waals surface area contributed by atoms with Crippen LogP contribution >= 0.6 is 0 Å². The predicted molar refractivity (Wildman–Crippen MR) is 91.3 cm³/mol. The lowest BCUT2D eigenvalue weighted by Gasteiger charge is -2.28. The Hall–Kier alpha value is -1.26. The molecule has 1 aliphatic carbocycles. The highest BCUT2D eigenvalue weighted by molar-refractivity contribution is 5.27. The topological polar surface area (TPSA) is 9.23 Å². The molecule has 0 bridgehead atoms. The van der Waals surface area contributed by atoms with Crippen molar-refractivity contribution in [2.45, 2.75) is 77.2 Å². The molecule has 0 unspecified atom stereocenters. The normalized spacial score (nSPS) is 21.5. The van der Waals surface area contributed by atoms with Crippen molar-refractivity contribution in [3.05, 3.63) is 29.8 Å². The molecule has 0 spiro atoms. The van der Waals surface area contributed by atoms with E-state index in [9.17, 15) is 17.6 Å². The summed E-state index contributed by atoms with van der Waals surface area (Å²) in [4.78, 5) is 0. The van der Waals surface area contributed by atoms with Crippen molar-refractivity contribution >= 4 is 0 Å². The Balaban J connectivity index is 1.73. The smallest absolute Gasteiger partial charge is 0.428 e. The summed E-state index contributed by atoms with van der Waals surface area (Å²) in [5.41, 5.74) is 1.03. The molecule has 142 valence electrons. The summed E-state index contributed by atoms with van der Waals surface area (Å²) in [5.74, 6) is 1.39. The summed E-state index contributed by atoms with van der Waals surface area (Å²) in [7, 11) is 0. The van der Waals surface area contributed by atoms with Gasteiger partial charge in [-0.15, -0.1) is 0 Å². The lowest BCUT2D eigenvalue weighted by atomic mass is 9.78. The molecule has 1 aromatic carbocycles. The lowest BCUT2D eigenvalue weighted by molar-refractivity contribution is -0.253. The Bertz CT molecular complexity index is 493. The molecular formula is C20H28F4O. The van der Waals surface area contributed by atoms with Gasteiger partial charge in [0, 0.05) is 0 Å².